The Morgan fingerprint density at radius 3 is 2.70 bits per heavy atom. The Hall–Kier alpha value is -0.120. The van der Waals surface area contributed by atoms with Crippen LogP contribution in [-0.2, 0) is 4.74 Å². The van der Waals surface area contributed by atoms with Crippen molar-refractivity contribution in [2.75, 3.05) is 20.2 Å². The molecule has 4 atom stereocenters. The second-order valence-electron chi connectivity index (χ2n) is 7.45. The highest BCUT2D eigenvalue weighted by Crippen LogP contribution is 2.46. The zero-order valence-electron chi connectivity index (χ0n) is 13.5. The summed E-state index contributed by atoms with van der Waals surface area (Å²) in [5, 5.41) is 3.80. The van der Waals surface area contributed by atoms with Crippen LogP contribution in [0.15, 0.2) is 0 Å². The maximum atomic E-state index is 5.67. The van der Waals surface area contributed by atoms with E-state index in [0.717, 1.165) is 12.0 Å². The maximum absolute atomic E-state index is 5.67. The van der Waals surface area contributed by atoms with Gasteiger partial charge in [0.2, 0.25) is 0 Å². The van der Waals surface area contributed by atoms with Crippen LogP contribution in [0.5, 0.6) is 0 Å². The molecule has 4 unspecified atom stereocenters. The van der Waals surface area contributed by atoms with E-state index >= 15 is 0 Å². The van der Waals surface area contributed by atoms with Crippen molar-refractivity contribution in [3.63, 3.8) is 0 Å². The summed E-state index contributed by atoms with van der Waals surface area (Å²) in [6.07, 6.45) is 9.83. The van der Waals surface area contributed by atoms with Gasteiger partial charge in [-0.25, -0.2) is 0 Å². The van der Waals surface area contributed by atoms with Crippen LogP contribution in [0.2, 0.25) is 0 Å². The van der Waals surface area contributed by atoms with Gasteiger partial charge in [-0.1, -0.05) is 6.92 Å². The second kappa shape index (κ2) is 5.94. The van der Waals surface area contributed by atoms with Crippen molar-refractivity contribution in [2.24, 2.45) is 5.92 Å². The van der Waals surface area contributed by atoms with Gasteiger partial charge in [0.05, 0.1) is 6.10 Å². The van der Waals surface area contributed by atoms with Gasteiger partial charge in [-0.2, -0.15) is 0 Å². The zero-order chi connectivity index (χ0) is 14.2. The predicted octanol–water partition coefficient (Wildman–Crippen LogP) is 2.80. The Balaban J connectivity index is 1.74. The molecule has 0 amide bonds. The number of hydrogen-bond acceptors (Lipinski definition) is 3. The Labute approximate surface area is 124 Å². The maximum Gasteiger partial charge on any atom is 0.0586 e. The van der Waals surface area contributed by atoms with Crippen LogP contribution in [0.3, 0.4) is 0 Å². The van der Waals surface area contributed by atoms with Gasteiger partial charge in [-0.05, 0) is 57.8 Å². The first-order chi connectivity index (χ1) is 9.67. The minimum atomic E-state index is 0.395. The lowest BCUT2D eigenvalue weighted by molar-refractivity contribution is -0.0433. The smallest absolute Gasteiger partial charge is 0.0586 e. The topological polar surface area (TPSA) is 24.5 Å². The van der Waals surface area contributed by atoms with E-state index < -0.39 is 0 Å². The summed E-state index contributed by atoms with van der Waals surface area (Å²) in [5.74, 6) is 0.927. The van der Waals surface area contributed by atoms with Gasteiger partial charge < -0.3 is 10.1 Å². The predicted molar refractivity (Wildman–Crippen MR) is 83.0 cm³/mol. The highest BCUT2D eigenvalue weighted by Gasteiger charge is 2.50. The highest BCUT2D eigenvalue weighted by molar-refractivity contribution is 5.07. The largest absolute Gasteiger partial charge is 0.381 e. The Morgan fingerprint density at radius 1 is 1.25 bits per heavy atom. The lowest BCUT2D eigenvalue weighted by atomic mass is 9.83. The molecule has 3 rings (SSSR count). The molecule has 20 heavy (non-hydrogen) atoms. The molecule has 1 aliphatic heterocycles. The van der Waals surface area contributed by atoms with E-state index in [2.05, 4.69) is 24.1 Å². The van der Waals surface area contributed by atoms with Crippen LogP contribution >= 0.6 is 0 Å². The van der Waals surface area contributed by atoms with Crippen molar-refractivity contribution in [1.82, 2.24) is 10.2 Å². The highest BCUT2D eigenvalue weighted by atomic mass is 16.5. The summed E-state index contributed by atoms with van der Waals surface area (Å²) in [6, 6.07) is 1.43. The number of methoxy groups -OCH3 is 1. The molecule has 3 nitrogen and oxygen atoms in total. The number of piperazine rings is 1. The summed E-state index contributed by atoms with van der Waals surface area (Å²) in [6.45, 7) is 7.25. The average Bonchev–Trinajstić information content (AvgIpc) is 3.33. The first-order valence-electron chi connectivity index (χ1n) is 8.70. The molecule has 0 aromatic heterocycles. The fourth-order valence-corrected chi connectivity index (χ4v) is 4.50. The summed E-state index contributed by atoms with van der Waals surface area (Å²) in [5.41, 5.74) is 0.395. The third kappa shape index (κ3) is 2.77. The summed E-state index contributed by atoms with van der Waals surface area (Å²) in [4.78, 5) is 2.89. The molecule has 1 saturated heterocycles. The SMILES string of the molecule is CCC1CN(C2CCCC(OC)C2)C(C)(C2CC2)CN1. The number of nitrogens with one attached hydrogen (secondary N) is 1. The normalized spacial score (nSPS) is 43.6. The molecule has 3 heteroatoms. The van der Waals surface area contributed by atoms with E-state index in [9.17, 15) is 0 Å². The van der Waals surface area contributed by atoms with Gasteiger partial charge >= 0.3 is 0 Å². The van der Waals surface area contributed by atoms with Crippen LogP contribution < -0.4 is 5.32 Å². The first kappa shape index (κ1) is 14.8. The average molecular weight is 280 g/mol. The minimum absolute atomic E-state index is 0.395. The monoisotopic (exact) mass is 280 g/mol. The summed E-state index contributed by atoms with van der Waals surface area (Å²) >= 11 is 0. The molecule has 1 heterocycles. The third-order valence-corrected chi connectivity index (χ3v) is 6.14. The van der Waals surface area contributed by atoms with E-state index in [0.29, 0.717) is 17.7 Å². The number of hydrogen-bond donors (Lipinski definition) is 1. The molecule has 1 N–H and O–H groups in total. The molecule has 116 valence electrons. The van der Waals surface area contributed by atoms with E-state index in [1.165, 1.54) is 58.0 Å². The van der Waals surface area contributed by atoms with E-state index in [-0.39, 0.29) is 0 Å². The molecule has 3 aliphatic rings. The van der Waals surface area contributed by atoms with Crippen molar-refractivity contribution >= 4 is 0 Å². The fraction of sp³-hybridized carbons (Fsp3) is 1.00. The molecule has 0 aromatic rings. The molecule has 0 radical (unpaired) electrons. The first-order valence-corrected chi connectivity index (χ1v) is 8.70. The molecule has 3 fully saturated rings. The van der Waals surface area contributed by atoms with Crippen molar-refractivity contribution in [3.8, 4) is 0 Å². The van der Waals surface area contributed by atoms with E-state index in [1.807, 2.05) is 7.11 Å². The Morgan fingerprint density at radius 2 is 2.05 bits per heavy atom. The van der Waals surface area contributed by atoms with Gasteiger partial charge in [0.1, 0.15) is 0 Å². The molecule has 0 spiro atoms. The Kier molecular flexibility index (Phi) is 4.40. The third-order valence-electron chi connectivity index (χ3n) is 6.14. The molecule has 2 saturated carbocycles. The van der Waals surface area contributed by atoms with Gasteiger partial charge in [-0.3, -0.25) is 4.90 Å². The lowest BCUT2D eigenvalue weighted by Gasteiger charge is -2.53. The van der Waals surface area contributed by atoms with Crippen LogP contribution in [0.1, 0.15) is 58.8 Å². The minimum Gasteiger partial charge on any atom is -0.381 e. The van der Waals surface area contributed by atoms with Gasteiger partial charge in [0, 0.05) is 37.8 Å². The van der Waals surface area contributed by atoms with Crippen LogP contribution in [0.25, 0.3) is 0 Å². The molecule has 0 aromatic carbocycles. The standard InChI is InChI=1S/C17H32N2O/c1-4-14-11-19(15-6-5-7-16(10-15)20-3)17(2,12-18-14)13-8-9-13/h13-16,18H,4-12H2,1-3H3. The van der Waals surface area contributed by atoms with Crippen LogP contribution in [-0.4, -0.2) is 48.8 Å². The van der Waals surface area contributed by atoms with Crippen LogP contribution in [0, 0.1) is 5.92 Å². The number of ether oxygens (including phenoxy) is 1. The number of rotatable bonds is 4. The fourth-order valence-electron chi connectivity index (χ4n) is 4.50. The molecule has 2 aliphatic carbocycles. The van der Waals surface area contributed by atoms with Crippen LogP contribution in [0.4, 0.5) is 0 Å². The van der Waals surface area contributed by atoms with Gasteiger partial charge in [-0.15, -0.1) is 0 Å². The molecular formula is C17H32N2O. The quantitative estimate of drug-likeness (QED) is 0.857. The number of nitrogens with zero attached hydrogens (tertiary/aromatic N) is 1. The van der Waals surface area contributed by atoms with Crippen molar-refractivity contribution in [3.05, 3.63) is 0 Å². The van der Waals surface area contributed by atoms with Crippen molar-refractivity contribution in [1.29, 1.82) is 0 Å². The zero-order valence-corrected chi connectivity index (χ0v) is 13.5. The van der Waals surface area contributed by atoms with Crippen molar-refractivity contribution < 1.29 is 4.74 Å². The van der Waals surface area contributed by atoms with Crippen molar-refractivity contribution in [2.45, 2.75) is 82.5 Å². The van der Waals surface area contributed by atoms with E-state index in [4.69, 9.17) is 4.74 Å². The Bertz CT molecular complexity index is 331. The summed E-state index contributed by atoms with van der Waals surface area (Å²) in [7, 11) is 1.89. The summed E-state index contributed by atoms with van der Waals surface area (Å²) < 4.78 is 5.67. The van der Waals surface area contributed by atoms with Gasteiger partial charge in [0.15, 0.2) is 0 Å². The molecule has 0 bridgehead atoms. The molecular weight excluding hydrogens is 248 g/mol. The van der Waals surface area contributed by atoms with Gasteiger partial charge in [0.25, 0.3) is 0 Å². The lowest BCUT2D eigenvalue weighted by Crippen LogP contribution is -2.67. The van der Waals surface area contributed by atoms with E-state index in [1.54, 1.807) is 0 Å². The second-order valence-corrected chi connectivity index (χ2v) is 7.45.